The number of benzene rings is 1. The maximum absolute atomic E-state index is 6.18. The molecule has 1 saturated carbocycles. The predicted molar refractivity (Wildman–Crippen MR) is 75.4 cm³/mol. The van der Waals surface area contributed by atoms with Crippen LogP contribution in [-0.2, 0) is 10.2 Å². The highest BCUT2D eigenvalue weighted by Crippen LogP contribution is 2.53. The van der Waals surface area contributed by atoms with Crippen LogP contribution in [0.2, 0.25) is 0 Å². The van der Waals surface area contributed by atoms with Crippen LogP contribution in [0, 0.1) is 5.41 Å². The van der Waals surface area contributed by atoms with Gasteiger partial charge in [-0.1, -0.05) is 25.1 Å². The van der Waals surface area contributed by atoms with Crippen molar-refractivity contribution in [2.45, 2.75) is 38.1 Å². The van der Waals surface area contributed by atoms with Crippen LogP contribution in [0.5, 0.6) is 5.75 Å². The molecule has 3 heteroatoms. The first-order valence-electron chi connectivity index (χ1n) is 7.11. The van der Waals surface area contributed by atoms with Gasteiger partial charge in [0.1, 0.15) is 5.75 Å². The van der Waals surface area contributed by atoms with Crippen LogP contribution < -0.4 is 10.5 Å². The Bertz CT molecular complexity index is 462. The largest absolute Gasteiger partial charge is 0.493 e. The Hall–Kier alpha value is -1.06. The van der Waals surface area contributed by atoms with Gasteiger partial charge in [-0.2, -0.15) is 0 Å². The summed E-state index contributed by atoms with van der Waals surface area (Å²) in [5, 5.41) is 0. The smallest absolute Gasteiger partial charge is 0.123 e. The van der Waals surface area contributed by atoms with E-state index in [0.717, 1.165) is 25.6 Å². The standard InChI is InChI=1S/C16H23NO2/c1-12(17)16(7-8-16)13-5-3-4-6-14(13)19-11-15(2)9-18-10-15/h3-6,12H,7-11,17H2,1-2H3. The van der Waals surface area contributed by atoms with Crippen LogP contribution in [0.1, 0.15) is 32.3 Å². The molecule has 3 nitrogen and oxygen atoms in total. The van der Waals surface area contributed by atoms with Crippen molar-refractivity contribution < 1.29 is 9.47 Å². The molecule has 1 aliphatic heterocycles. The van der Waals surface area contributed by atoms with E-state index in [9.17, 15) is 0 Å². The van der Waals surface area contributed by atoms with Gasteiger partial charge in [0.25, 0.3) is 0 Å². The lowest BCUT2D eigenvalue weighted by Gasteiger charge is -2.38. The molecule has 0 aromatic heterocycles. The molecule has 2 aliphatic rings. The Labute approximate surface area is 115 Å². The molecule has 2 N–H and O–H groups in total. The molecule has 1 heterocycles. The molecule has 1 aliphatic carbocycles. The van der Waals surface area contributed by atoms with Gasteiger partial charge in [-0.15, -0.1) is 0 Å². The van der Waals surface area contributed by atoms with Gasteiger partial charge in [0, 0.05) is 22.4 Å². The second-order valence-corrected chi connectivity index (χ2v) is 6.53. The fraction of sp³-hybridized carbons (Fsp3) is 0.625. The first-order valence-corrected chi connectivity index (χ1v) is 7.11. The normalized spacial score (nSPS) is 24.4. The third-order valence-corrected chi connectivity index (χ3v) is 4.56. The zero-order chi connectivity index (χ0) is 13.5. The second kappa shape index (κ2) is 4.50. The van der Waals surface area contributed by atoms with Crippen molar-refractivity contribution in [1.82, 2.24) is 0 Å². The molecule has 1 aromatic rings. The van der Waals surface area contributed by atoms with E-state index in [-0.39, 0.29) is 16.9 Å². The molecular weight excluding hydrogens is 238 g/mol. The molecule has 1 saturated heterocycles. The van der Waals surface area contributed by atoms with E-state index in [0.29, 0.717) is 0 Å². The molecule has 2 fully saturated rings. The SMILES string of the molecule is CC(N)C1(c2ccccc2OCC2(C)COC2)CC1. The highest BCUT2D eigenvalue weighted by molar-refractivity contribution is 5.44. The monoisotopic (exact) mass is 261 g/mol. The van der Waals surface area contributed by atoms with E-state index in [1.807, 2.05) is 6.07 Å². The Kier molecular flexibility index (Phi) is 3.06. The number of nitrogens with two attached hydrogens (primary N) is 1. The van der Waals surface area contributed by atoms with Gasteiger partial charge in [-0.3, -0.25) is 0 Å². The van der Waals surface area contributed by atoms with Crippen molar-refractivity contribution in [3.63, 3.8) is 0 Å². The summed E-state index contributed by atoms with van der Waals surface area (Å²) in [5.74, 6) is 1.01. The number of hydrogen-bond acceptors (Lipinski definition) is 3. The second-order valence-electron chi connectivity index (χ2n) is 6.53. The fourth-order valence-corrected chi connectivity index (χ4v) is 2.89. The molecule has 1 aromatic carbocycles. The van der Waals surface area contributed by atoms with Gasteiger partial charge in [-0.05, 0) is 25.8 Å². The molecule has 1 atom stereocenters. The molecule has 0 radical (unpaired) electrons. The summed E-state index contributed by atoms with van der Waals surface area (Å²) in [6, 6.07) is 8.54. The number of ether oxygens (including phenoxy) is 2. The molecule has 104 valence electrons. The van der Waals surface area contributed by atoms with E-state index in [1.165, 1.54) is 18.4 Å². The minimum absolute atomic E-state index is 0.146. The van der Waals surface area contributed by atoms with Crippen molar-refractivity contribution >= 4 is 0 Å². The molecule has 0 spiro atoms. The van der Waals surface area contributed by atoms with Crippen molar-refractivity contribution in [3.8, 4) is 5.75 Å². The van der Waals surface area contributed by atoms with Crippen molar-refractivity contribution in [1.29, 1.82) is 0 Å². The zero-order valence-electron chi connectivity index (χ0n) is 11.8. The lowest BCUT2D eigenvalue weighted by Crippen LogP contribution is -2.44. The van der Waals surface area contributed by atoms with Gasteiger partial charge >= 0.3 is 0 Å². The highest BCUT2D eigenvalue weighted by atomic mass is 16.5. The van der Waals surface area contributed by atoms with Crippen LogP contribution in [0.25, 0.3) is 0 Å². The number of hydrogen-bond donors (Lipinski definition) is 1. The average molecular weight is 261 g/mol. The van der Waals surface area contributed by atoms with Gasteiger partial charge in [0.15, 0.2) is 0 Å². The van der Waals surface area contributed by atoms with E-state index < -0.39 is 0 Å². The fourth-order valence-electron chi connectivity index (χ4n) is 2.89. The van der Waals surface area contributed by atoms with E-state index in [4.69, 9.17) is 15.2 Å². The molecule has 0 bridgehead atoms. The summed E-state index contributed by atoms with van der Waals surface area (Å²) in [6.45, 7) is 6.63. The van der Waals surface area contributed by atoms with Gasteiger partial charge in [0.2, 0.25) is 0 Å². The lowest BCUT2D eigenvalue weighted by molar-refractivity contribution is -0.120. The Morgan fingerprint density at radius 3 is 2.53 bits per heavy atom. The summed E-state index contributed by atoms with van der Waals surface area (Å²) in [4.78, 5) is 0. The van der Waals surface area contributed by atoms with E-state index >= 15 is 0 Å². The Morgan fingerprint density at radius 1 is 1.32 bits per heavy atom. The maximum Gasteiger partial charge on any atom is 0.123 e. The van der Waals surface area contributed by atoms with Gasteiger partial charge < -0.3 is 15.2 Å². The highest BCUT2D eigenvalue weighted by Gasteiger charge is 2.49. The quantitative estimate of drug-likeness (QED) is 0.885. The topological polar surface area (TPSA) is 44.5 Å². The van der Waals surface area contributed by atoms with Crippen molar-refractivity contribution in [2.24, 2.45) is 11.1 Å². The summed E-state index contributed by atoms with van der Waals surface area (Å²) in [7, 11) is 0. The average Bonchev–Trinajstić information content (AvgIpc) is 3.16. The van der Waals surface area contributed by atoms with Crippen LogP contribution in [0.4, 0.5) is 0 Å². The molecule has 19 heavy (non-hydrogen) atoms. The van der Waals surface area contributed by atoms with E-state index in [2.05, 4.69) is 32.0 Å². The van der Waals surface area contributed by atoms with Crippen LogP contribution in [0.15, 0.2) is 24.3 Å². The van der Waals surface area contributed by atoms with Crippen molar-refractivity contribution in [2.75, 3.05) is 19.8 Å². The van der Waals surface area contributed by atoms with Crippen molar-refractivity contribution in [3.05, 3.63) is 29.8 Å². The summed E-state index contributed by atoms with van der Waals surface area (Å²) < 4.78 is 11.4. The van der Waals surface area contributed by atoms with Gasteiger partial charge in [-0.25, -0.2) is 0 Å². The summed E-state index contributed by atoms with van der Waals surface area (Å²) in [6.07, 6.45) is 2.34. The lowest BCUT2D eigenvalue weighted by atomic mass is 9.88. The maximum atomic E-state index is 6.18. The first-order chi connectivity index (χ1) is 9.06. The zero-order valence-corrected chi connectivity index (χ0v) is 11.8. The Balaban J connectivity index is 1.78. The van der Waals surface area contributed by atoms with E-state index in [1.54, 1.807) is 0 Å². The molecule has 1 unspecified atom stereocenters. The minimum atomic E-state index is 0.146. The number of para-hydroxylation sites is 1. The minimum Gasteiger partial charge on any atom is -0.493 e. The number of rotatable bonds is 5. The van der Waals surface area contributed by atoms with Gasteiger partial charge in [0.05, 0.1) is 19.8 Å². The first kappa shape index (κ1) is 12.9. The van der Waals surface area contributed by atoms with Crippen LogP contribution in [-0.4, -0.2) is 25.9 Å². The third-order valence-electron chi connectivity index (χ3n) is 4.56. The third kappa shape index (κ3) is 2.26. The van der Waals surface area contributed by atoms with Crippen LogP contribution >= 0.6 is 0 Å². The summed E-state index contributed by atoms with van der Waals surface area (Å²) >= 11 is 0. The van der Waals surface area contributed by atoms with Crippen LogP contribution in [0.3, 0.4) is 0 Å². The molecule has 3 rings (SSSR count). The summed E-state index contributed by atoms with van der Waals surface area (Å²) in [5.41, 5.74) is 7.79. The molecule has 0 amide bonds. The predicted octanol–water partition coefficient (Wildman–Crippen LogP) is 2.48. The Morgan fingerprint density at radius 2 is 2.00 bits per heavy atom. The molecular formula is C16H23NO2.